The first-order valence-corrected chi connectivity index (χ1v) is 7.73. The molecule has 0 aliphatic heterocycles. The second-order valence-electron chi connectivity index (χ2n) is 4.01. The standard InChI is InChI=1S/C13H10Cl2N2O3S/c14-10-4-3-5-11(15)9(10)8-16-21(20)13-7-2-1-6-12(13)17(18)19/h1-7,16H,8H2/t21-/m1/s1. The van der Waals surface area contributed by atoms with Gasteiger partial charge in [0.15, 0.2) is 0 Å². The van der Waals surface area contributed by atoms with E-state index in [1.807, 2.05) is 0 Å². The van der Waals surface area contributed by atoms with Crippen LogP contribution < -0.4 is 4.72 Å². The fourth-order valence-corrected chi connectivity index (χ4v) is 3.18. The van der Waals surface area contributed by atoms with Crippen molar-refractivity contribution in [3.8, 4) is 0 Å². The molecule has 110 valence electrons. The highest BCUT2D eigenvalue weighted by atomic mass is 35.5. The van der Waals surface area contributed by atoms with Gasteiger partial charge in [-0.15, -0.1) is 0 Å². The Morgan fingerprint density at radius 2 is 1.71 bits per heavy atom. The van der Waals surface area contributed by atoms with Gasteiger partial charge in [0.2, 0.25) is 0 Å². The number of nitrogens with zero attached hydrogens (tertiary/aromatic N) is 1. The van der Waals surface area contributed by atoms with E-state index >= 15 is 0 Å². The van der Waals surface area contributed by atoms with Gasteiger partial charge in [-0.2, -0.15) is 0 Å². The summed E-state index contributed by atoms with van der Waals surface area (Å²) in [4.78, 5) is 10.4. The third kappa shape index (κ3) is 3.79. The Balaban J connectivity index is 2.18. The molecule has 0 aliphatic carbocycles. The van der Waals surface area contributed by atoms with E-state index in [2.05, 4.69) is 4.72 Å². The van der Waals surface area contributed by atoms with Crippen LogP contribution in [0.15, 0.2) is 47.4 Å². The van der Waals surface area contributed by atoms with Crippen molar-refractivity contribution >= 4 is 39.9 Å². The molecule has 0 unspecified atom stereocenters. The van der Waals surface area contributed by atoms with Crippen molar-refractivity contribution in [3.63, 3.8) is 0 Å². The van der Waals surface area contributed by atoms with Gasteiger partial charge in [0.05, 0.1) is 4.92 Å². The quantitative estimate of drug-likeness (QED) is 0.663. The molecule has 0 bridgehead atoms. The molecule has 0 radical (unpaired) electrons. The molecule has 0 aromatic heterocycles. The monoisotopic (exact) mass is 344 g/mol. The maximum Gasteiger partial charge on any atom is 0.286 e. The van der Waals surface area contributed by atoms with Crippen LogP contribution in [0.1, 0.15) is 5.56 Å². The number of nitrogens with one attached hydrogen (secondary N) is 1. The van der Waals surface area contributed by atoms with Gasteiger partial charge in [0.25, 0.3) is 5.69 Å². The van der Waals surface area contributed by atoms with E-state index in [1.165, 1.54) is 18.2 Å². The van der Waals surface area contributed by atoms with Crippen LogP contribution >= 0.6 is 23.2 Å². The van der Waals surface area contributed by atoms with Gasteiger partial charge in [-0.3, -0.25) is 10.1 Å². The molecule has 0 heterocycles. The topological polar surface area (TPSA) is 72.2 Å². The number of nitro groups is 1. The van der Waals surface area contributed by atoms with Gasteiger partial charge in [-0.1, -0.05) is 41.4 Å². The van der Waals surface area contributed by atoms with Crippen molar-refractivity contribution in [2.24, 2.45) is 0 Å². The van der Waals surface area contributed by atoms with E-state index in [0.717, 1.165) is 0 Å². The van der Waals surface area contributed by atoms with Gasteiger partial charge in [0, 0.05) is 28.2 Å². The van der Waals surface area contributed by atoms with Crippen molar-refractivity contribution in [2.75, 3.05) is 0 Å². The summed E-state index contributed by atoms with van der Waals surface area (Å²) < 4.78 is 14.9. The highest BCUT2D eigenvalue weighted by Crippen LogP contribution is 2.25. The lowest BCUT2D eigenvalue weighted by molar-refractivity contribution is -0.387. The molecule has 5 nitrogen and oxygen atoms in total. The molecule has 2 aromatic carbocycles. The van der Waals surface area contributed by atoms with Crippen LogP contribution in [0.25, 0.3) is 0 Å². The van der Waals surface area contributed by atoms with Crippen molar-refractivity contribution in [2.45, 2.75) is 11.4 Å². The average Bonchev–Trinajstić information content (AvgIpc) is 2.46. The van der Waals surface area contributed by atoms with E-state index in [1.54, 1.807) is 24.3 Å². The first-order chi connectivity index (χ1) is 10.0. The first-order valence-electron chi connectivity index (χ1n) is 5.82. The first kappa shape index (κ1) is 15.9. The Labute approximate surface area is 133 Å². The van der Waals surface area contributed by atoms with Crippen LogP contribution in [-0.4, -0.2) is 9.13 Å². The molecule has 0 aliphatic rings. The van der Waals surface area contributed by atoms with Crippen molar-refractivity contribution < 1.29 is 9.13 Å². The van der Waals surface area contributed by atoms with Gasteiger partial charge < -0.3 is 0 Å². The van der Waals surface area contributed by atoms with Crippen LogP contribution in [0.2, 0.25) is 10.0 Å². The summed E-state index contributed by atoms with van der Waals surface area (Å²) in [6.07, 6.45) is 0. The fourth-order valence-electron chi connectivity index (χ4n) is 1.68. The molecule has 1 N–H and O–H groups in total. The van der Waals surface area contributed by atoms with Crippen LogP contribution in [0.4, 0.5) is 5.69 Å². The minimum Gasteiger partial charge on any atom is -0.258 e. The van der Waals surface area contributed by atoms with E-state index in [-0.39, 0.29) is 17.1 Å². The molecule has 0 saturated carbocycles. The number of hydrogen-bond donors (Lipinski definition) is 1. The van der Waals surface area contributed by atoms with Gasteiger partial charge >= 0.3 is 0 Å². The number of halogens is 2. The number of para-hydroxylation sites is 1. The Kier molecular flexibility index (Phi) is 5.30. The molecule has 0 fully saturated rings. The number of hydrogen-bond acceptors (Lipinski definition) is 3. The van der Waals surface area contributed by atoms with Crippen LogP contribution in [-0.2, 0) is 17.5 Å². The average molecular weight is 345 g/mol. The van der Waals surface area contributed by atoms with Crippen molar-refractivity contribution in [1.82, 2.24) is 4.72 Å². The van der Waals surface area contributed by atoms with E-state index < -0.39 is 15.9 Å². The molecular weight excluding hydrogens is 335 g/mol. The third-order valence-electron chi connectivity index (χ3n) is 2.70. The highest BCUT2D eigenvalue weighted by molar-refractivity contribution is 7.83. The zero-order valence-corrected chi connectivity index (χ0v) is 12.9. The summed E-state index contributed by atoms with van der Waals surface area (Å²) in [7, 11) is -1.74. The molecular formula is C13H10Cl2N2O3S. The Morgan fingerprint density at radius 1 is 1.10 bits per heavy atom. The number of nitro benzene ring substituents is 1. The van der Waals surface area contributed by atoms with Gasteiger partial charge in [-0.05, 0) is 18.2 Å². The minimum atomic E-state index is -1.74. The van der Waals surface area contributed by atoms with Crippen LogP contribution in [0, 0.1) is 10.1 Å². The molecule has 8 heteroatoms. The number of benzene rings is 2. The summed E-state index contributed by atoms with van der Waals surface area (Å²) >= 11 is 12.0. The Bertz CT molecular complexity index is 689. The van der Waals surface area contributed by atoms with E-state index in [0.29, 0.717) is 15.6 Å². The third-order valence-corrected chi connectivity index (χ3v) is 4.56. The zero-order valence-electron chi connectivity index (χ0n) is 10.6. The van der Waals surface area contributed by atoms with E-state index in [4.69, 9.17) is 23.2 Å². The molecule has 0 saturated heterocycles. The largest absolute Gasteiger partial charge is 0.286 e. The lowest BCUT2D eigenvalue weighted by Gasteiger charge is -2.08. The Hall–Kier alpha value is -1.47. The van der Waals surface area contributed by atoms with Crippen LogP contribution in [0.5, 0.6) is 0 Å². The second kappa shape index (κ2) is 7.00. The number of rotatable bonds is 5. The predicted molar refractivity (Wildman–Crippen MR) is 82.8 cm³/mol. The summed E-state index contributed by atoms with van der Waals surface area (Å²) in [6, 6.07) is 10.9. The van der Waals surface area contributed by atoms with Crippen molar-refractivity contribution in [3.05, 3.63) is 68.2 Å². The molecule has 0 amide bonds. The molecule has 0 spiro atoms. The predicted octanol–water partition coefficient (Wildman–Crippen LogP) is 3.71. The zero-order chi connectivity index (χ0) is 15.4. The molecule has 21 heavy (non-hydrogen) atoms. The molecule has 1 atom stereocenters. The van der Waals surface area contributed by atoms with Crippen LogP contribution in [0.3, 0.4) is 0 Å². The van der Waals surface area contributed by atoms with E-state index in [9.17, 15) is 14.3 Å². The summed E-state index contributed by atoms with van der Waals surface area (Å²) in [5, 5.41) is 11.8. The Morgan fingerprint density at radius 3 is 2.33 bits per heavy atom. The fraction of sp³-hybridized carbons (Fsp3) is 0.0769. The molecule has 2 rings (SSSR count). The smallest absolute Gasteiger partial charge is 0.258 e. The normalized spacial score (nSPS) is 12.1. The summed E-state index contributed by atoms with van der Waals surface area (Å²) in [6.45, 7) is 0.136. The van der Waals surface area contributed by atoms with Gasteiger partial charge in [-0.25, -0.2) is 8.93 Å². The lowest BCUT2D eigenvalue weighted by Crippen LogP contribution is -2.18. The minimum absolute atomic E-state index is 0.102. The summed E-state index contributed by atoms with van der Waals surface area (Å²) in [5.74, 6) is 0. The maximum atomic E-state index is 12.2. The van der Waals surface area contributed by atoms with Crippen molar-refractivity contribution in [1.29, 1.82) is 0 Å². The second-order valence-corrected chi connectivity index (χ2v) is 6.10. The summed E-state index contributed by atoms with van der Waals surface area (Å²) in [5.41, 5.74) is 0.390. The highest BCUT2D eigenvalue weighted by Gasteiger charge is 2.18. The van der Waals surface area contributed by atoms with Gasteiger partial charge in [0.1, 0.15) is 15.9 Å². The lowest BCUT2D eigenvalue weighted by atomic mass is 10.2. The molecule has 2 aromatic rings. The SMILES string of the molecule is O=[N+]([O-])c1ccccc1[S@@](=O)NCc1c(Cl)cccc1Cl. The maximum absolute atomic E-state index is 12.2.